The molecular formula is C16H18ClN3O4S. The lowest BCUT2D eigenvalue weighted by Crippen LogP contribution is -2.37. The number of amides is 1. The molecule has 2 aromatic rings. The molecule has 0 fully saturated rings. The monoisotopic (exact) mass is 383 g/mol. The van der Waals surface area contributed by atoms with Crippen molar-refractivity contribution in [3.63, 3.8) is 0 Å². The number of nitrogens with two attached hydrogens (primary N) is 1. The number of carbonyl (C=O) groups is 1. The molecule has 2 rings (SSSR count). The first kappa shape index (κ1) is 19.2. The number of nitrogens with zero attached hydrogens (tertiary/aromatic N) is 1. The van der Waals surface area contributed by atoms with E-state index >= 15 is 0 Å². The SMILES string of the molecule is CS(=O)(=O)CCC(N)C(=O)Nc1ccc(Oc2ccc(Cl)cc2)nc1. The van der Waals surface area contributed by atoms with Crippen molar-refractivity contribution >= 4 is 33.0 Å². The summed E-state index contributed by atoms with van der Waals surface area (Å²) in [5.74, 6) is 0.309. The Morgan fingerprint density at radius 1 is 1.28 bits per heavy atom. The Morgan fingerprint density at radius 2 is 1.96 bits per heavy atom. The molecule has 1 heterocycles. The number of benzene rings is 1. The molecule has 0 radical (unpaired) electrons. The largest absolute Gasteiger partial charge is 0.439 e. The van der Waals surface area contributed by atoms with Gasteiger partial charge in [0.25, 0.3) is 0 Å². The van der Waals surface area contributed by atoms with Crippen LogP contribution in [-0.2, 0) is 14.6 Å². The van der Waals surface area contributed by atoms with E-state index in [-0.39, 0.29) is 12.2 Å². The van der Waals surface area contributed by atoms with E-state index in [1.807, 2.05) is 0 Å². The second-order valence-corrected chi connectivity index (χ2v) is 8.15. The van der Waals surface area contributed by atoms with E-state index in [1.165, 1.54) is 6.20 Å². The number of halogens is 1. The minimum Gasteiger partial charge on any atom is -0.439 e. The van der Waals surface area contributed by atoms with Crippen LogP contribution in [0.5, 0.6) is 11.6 Å². The number of nitrogens with one attached hydrogen (secondary N) is 1. The van der Waals surface area contributed by atoms with Gasteiger partial charge in [-0.25, -0.2) is 13.4 Å². The summed E-state index contributed by atoms with van der Waals surface area (Å²) in [6.45, 7) is 0. The Hall–Kier alpha value is -2.16. The van der Waals surface area contributed by atoms with Gasteiger partial charge in [0.2, 0.25) is 11.8 Å². The van der Waals surface area contributed by atoms with Crippen LogP contribution in [-0.4, -0.2) is 37.4 Å². The first-order valence-corrected chi connectivity index (χ1v) is 9.80. The predicted molar refractivity (Wildman–Crippen MR) is 96.7 cm³/mol. The molecule has 7 nitrogen and oxygen atoms in total. The molecule has 134 valence electrons. The third-order valence-corrected chi connectivity index (χ3v) is 4.41. The summed E-state index contributed by atoms with van der Waals surface area (Å²) >= 11 is 5.80. The zero-order valence-electron chi connectivity index (χ0n) is 13.5. The molecule has 0 aliphatic rings. The van der Waals surface area contributed by atoms with E-state index in [4.69, 9.17) is 22.1 Å². The number of hydrogen-bond acceptors (Lipinski definition) is 6. The predicted octanol–water partition coefficient (Wildman–Crippen LogP) is 2.23. The van der Waals surface area contributed by atoms with E-state index in [1.54, 1.807) is 36.4 Å². The number of sulfone groups is 1. The molecule has 9 heteroatoms. The van der Waals surface area contributed by atoms with Gasteiger partial charge in [-0.15, -0.1) is 0 Å². The van der Waals surface area contributed by atoms with Crippen LogP contribution in [0.4, 0.5) is 5.69 Å². The summed E-state index contributed by atoms with van der Waals surface area (Å²) in [4.78, 5) is 16.0. The molecule has 1 aromatic carbocycles. The highest BCUT2D eigenvalue weighted by molar-refractivity contribution is 7.90. The van der Waals surface area contributed by atoms with Crippen LogP contribution >= 0.6 is 11.6 Å². The molecule has 0 aliphatic carbocycles. The van der Waals surface area contributed by atoms with Crippen molar-refractivity contribution in [2.45, 2.75) is 12.5 Å². The second kappa shape index (κ2) is 8.28. The van der Waals surface area contributed by atoms with Crippen molar-refractivity contribution in [1.82, 2.24) is 4.98 Å². The molecule has 0 saturated heterocycles. The number of anilines is 1. The minimum absolute atomic E-state index is 0.0514. The normalized spacial score (nSPS) is 12.4. The average molecular weight is 384 g/mol. The fourth-order valence-electron chi connectivity index (χ4n) is 1.85. The molecule has 25 heavy (non-hydrogen) atoms. The van der Waals surface area contributed by atoms with Gasteiger partial charge < -0.3 is 15.8 Å². The molecule has 1 atom stereocenters. The third-order valence-electron chi connectivity index (χ3n) is 3.18. The zero-order valence-corrected chi connectivity index (χ0v) is 15.0. The number of pyridine rings is 1. The summed E-state index contributed by atoms with van der Waals surface area (Å²) in [6, 6.07) is 9.10. The van der Waals surface area contributed by atoms with E-state index in [2.05, 4.69) is 10.3 Å². The van der Waals surface area contributed by atoms with Crippen LogP contribution in [0.15, 0.2) is 42.6 Å². The summed E-state index contributed by atoms with van der Waals surface area (Å²) < 4.78 is 27.8. The molecule has 1 amide bonds. The molecule has 0 bridgehead atoms. The number of aromatic nitrogens is 1. The van der Waals surface area contributed by atoms with Gasteiger partial charge in [-0.2, -0.15) is 0 Å². The zero-order chi connectivity index (χ0) is 18.4. The number of ether oxygens (including phenoxy) is 1. The first-order valence-electron chi connectivity index (χ1n) is 7.36. The van der Waals surface area contributed by atoms with Crippen molar-refractivity contribution in [1.29, 1.82) is 0 Å². The van der Waals surface area contributed by atoms with Crippen molar-refractivity contribution in [2.75, 3.05) is 17.3 Å². The molecule has 1 unspecified atom stereocenters. The maximum Gasteiger partial charge on any atom is 0.241 e. The quantitative estimate of drug-likeness (QED) is 0.758. The van der Waals surface area contributed by atoms with Gasteiger partial charge in [-0.1, -0.05) is 11.6 Å². The van der Waals surface area contributed by atoms with E-state index in [9.17, 15) is 13.2 Å². The second-order valence-electron chi connectivity index (χ2n) is 5.46. The molecule has 0 aliphatic heterocycles. The summed E-state index contributed by atoms with van der Waals surface area (Å²) in [7, 11) is -3.16. The molecule has 0 saturated carbocycles. The number of rotatable bonds is 7. The summed E-state index contributed by atoms with van der Waals surface area (Å²) in [5, 5.41) is 3.18. The van der Waals surface area contributed by atoms with Crippen LogP contribution < -0.4 is 15.8 Å². The van der Waals surface area contributed by atoms with Crippen molar-refractivity contribution in [2.24, 2.45) is 5.73 Å². The Morgan fingerprint density at radius 3 is 2.52 bits per heavy atom. The highest BCUT2D eigenvalue weighted by Gasteiger charge is 2.16. The third kappa shape index (κ3) is 6.69. The van der Waals surface area contributed by atoms with Crippen molar-refractivity contribution < 1.29 is 17.9 Å². The van der Waals surface area contributed by atoms with Crippen LogP contribution in [0.2, 0.25) is 5.02 Å². The fraction of sp³-hybridized carbons (Fsp3) is 0.250. The lowest BCUT2D eigenvalue weighted by Gasteiger charge is -2.12. The Balaban J connectivity index is 1.91. The van der Waals surface area contributed by atoms with Gasteiger partial charge in [-0.05, 0) is 36.8 Å². The molecular weight excluding hydrogens is 366 g/mol. The van der Waals surface area contributed by atoms with Crippen molar-refractivity contribution in [3.8, 4) is 11.6 Å². The fourth-order valence-corrected chi connectivity index (χ4v) is 2.65. The topological polar surface area (TPSA) is 111 Å². The van der Waals surface area contributed by atoms with E-state index < -0.39 is 21.8 Å². The van der Waals surface area contributed by atoms with E-state index in [0.717, 1.165) is 6.26 Å². The Kier molecular flexibility index (Phi) is 6.35. The molecule has 1 aromatic heterocycles. The summed E-state index contributed by atoms with van der Waals surface area (Å²) in [5.41, 5.74) is 6.12. The van der Waals surface area contributed by atoms with Crippen LogP contribution in [0.3, 0.4) is 0 Å². The number of carbonyl (C=O) groups excluding carboxylic acids is 1. The lowest BCUT2D eigenvalue weighted by atomic mass is 10.2. The highest BCUT2D eigenvalue weighted by atomic mass is 35.5. The smallest absolute Gasteiger partial charge is 0.241 e. The first-order chi connectivity index (χ1) is 11.7. The van der Waals surface area contributed by atoms with Crippen molar-refractivity contribution in [3.05, 3.63) is 47.6 Å². The van der Waals surface area contributed by atoms with Crippen LogP contribution in [0, 0.1) is 0 Å². The van der Waals surface area contributed by atoms with Gasteiger partial charge in [0.1, 0.15) is 15.6 Å². The van der Waals surface area contributed by atoms with Crippen LogP contribution in [0.1, 0.15) is 6.42 Å². The molecule has 3 N–H and O–H groups in total. The highest BCUT2D eigenvalue weighted by Crippen LogP contribution is 2.22. The molecule has 0 spiro atoms. The van der Waals surface area contributed by atoms with Gasteiger partial charge >= 0.3 is 0 Å². The minimum atomic E-state index is -3.16. The lowest BCUT2D eigenvalue weighted by molar-refractivity contribution is -0.117. The van der Waals surface area contributed by atoms with Gasteiger partial charge in [0.15, 0.2) is 0 Å². The number of hydrogen-bond donors (Lipinski definition) is 2. The average Bonchev–Trinajstić information content (AvgIpc) is 2.56. The Bertz CT molecular complexity index is 823. The maximum atomic E-state index is 11.9. The van der Waals surface area contributed by atoms with Gasteiger partial charge in [0.05, 0.1) is 23.7 Å². The Labute approximate surface area is 151 Å². The van der Waals surface area contributed by atoms with E-state index in [0.29, 0.717) is 22.3 Å². The van der Waals surface area contributed by atoms with Gasteiger partial charge in [0, 0.05) is 17.3 Å². The standard InChI is InChI=1S/C16H18ClN3O4S/c1-25(22,23)9-8-14(18)16(21)20-12-4-7-15(19-10-12)24-13-5-2-11(17)3-6-13/h2-7,10,14H,8-9,18H2,1H3,(H,20,21). The maximum absolute atomic E-state index is 11.9. The van der Waals surface area contributed by atoms with Gasteiger partial charge in [-0.3, -0.25) is 4.79 Å². The summed E-state index contributed by atoms with van der Waals surface area (Å²) in [6.07, 6.45) is 2.57. The van der Waals surface area contributed by atoms with Crippen LogP contribution in [0.25, 0.3) is 0 Å².